The van der Waals surface area contributed by atoms with Gasteiger partial charge in [0.2, 0.25) is 0 Å². The zero-order valence-corrected chi connectivity index (χ0v) is 14.4. The molecule has 1 amide bonds. The molecule has 0 bridgehead atoms. The van der Waals surface area contributed by atoms with Gasteiger partial charge in [-0.05, 0) is 38.5 Å². The molecule has 0 spiro atoms. The SMILES string of the molecule is Cc1cnc(C(=O)N2CC[C@H]3[C@H]2CCN3CC2CCOCC2)cn1. The molecule has 0 radical (unpaired) electrons. The van der Waals surface area contributed by atoms with Gasteiger partial charge in [0.1, 0.15) is 5.69 Å². The van der Waals surface area contributed by atoms with E-state index in [1.807, 2.05) is 11.8 Å². The van der Waals surface area contributed by atoms with Gasteiger partial charge in [0, 0.05) is 51.1 Å². The first kappa shape index (κ1) is 16.0. The van der Waals surface area contributed by atoms with Crippen LogP contribution in [0.1, 0.15) is 41.9 Å². The van der Waals surface area contributed by atoms with Crippen LogP contribution >= 0.6 is 0 Å². The molecular formula is C18H26N4O2. The van der Waals surface area contributed by atoms with Crippen LogP contribution < -0.4 is 0 Å². The highest BCUT2D eigenvalue weighted by molar-refractivity contribution is 5.92. The quantitative estimate of drug-likeness (QED) is 0.841. The molecule has 3 fully saturated rings. The van der Waals surface area contributed by atoms with Crippen LogP contribution in [-0.2, 0) is 4.74 Å². The van der Waals surface area contributed by atoms with E-state index in [0.717, 1.165) is 57.3 Å². The fourth-order valence-electron chi connectivity index (χ4n) is 4.46. The van der Waals surface area contributed by atoms with Crippen LogP contribution in [0, 0.1) is 12.8 Å². The Morgan fingerprint density at radius 2 is 1.92 bits per heavy atom. The van der Waals surface area contributed by atoms with Crippen molar-refractivity contribution in [1.29, 1.82) is 0 Å². The lowest BCUT2D eigenvalue weighted by molar-refractivity contribution is 0.0502. The second-order valence-electron chi connectivity index (χ2n) is 7.30. The van der Waals surface area contributed by atoms with Gasteiger partial charge in [0.05, 0.1) is 11.9 Å². The number of carbonyl (C=O) groups is 1. The van der Waals surface area contributed by atoms with Crippen molar-refractivity contribution < 1.29 is 9.53 Å². The summed E-state index contributed by atoms with van der Waals surface area (Å²) < 4.78 is 5.47. The Morgan fingerprint density at radius 1 is 1.12 bits per heavy atom. The number of likely N-dealkylation sites (tertiary alicyclic amines) is 2. The molecule has 1 aromatic heterocycles. The van der Waals surface area contributed by atoms with Gasteiger partial charge in [-0.25, -0.2) is 4.98 Å². The molecule has 0 unspecified atom stereocenters. The molecule has 0 aromatic carbocycles. The maximum atomic E-state index is 12.8. The van der Waals surface area contributed by atoms with Crippen molar-refractivity contribution in [1.82, 2.24) is 19.8 Å². The third-order valence-corrected chi connectivity index (χ3v) is 5.79. The Morgan fingerprint density at radius 3 is 2.67 bits per heavy atom. The number of aryl methyl sites for hydroxylation is 1. The van der Waals surface area contributed by atoms with Gasteiger partial charge in [0.15, 0.2) is 0 Å². The second-order valence-corrected chi connectivity index (χ2v) is 7.30. The summed E-state index contributed by atoms with van der Waals surface area (Å²) in [6.45, 7) is 6.81. The van der Waals surface area contributed by atoms with Crippen LogP contribution in [0.3, 0.4) is 0 Å². The van der Waals surface area contributed by atoms with E-state index in [9.17, 15) is 4.79 Å². The minimum Gasteiger partial charge on any atom is -0.381 e. The molecular weight excluding hydrogens is 304 g/mol. The smallest absolute Gasteiger partial charge is 0.274 e. The summed E-state index contributed by atoms with van der Waals surface area (Å²) >= 11 is 0. The van der Waals surface area contributed by atoms with E-state index in [4.69, 9.17) is 4.74 Å². The molecule has 2 atom stereocenters. The zero-order chi connectivity index (χ0) is 16.5. The molecule has 0 aliphatic carbocycles. The molecule has 3 aliphatic heterocycles. The van der Waals surface area contributed by atoms with Crippen LogP contribution in [-0.4, -0.2) is 70.6 Å². The summed E-state index contributed by atoms with van der Waals surface area (Å²) in [5.74, 6) is 0.799. The minimum absolute atomic E-state index is 0.0444. The van der Waals surface area contributed by atoms with Crippen LogP contribution in [0.25, 0.3) is 0 Å². The lowest BCUT2D eigenvalue weighted by Crippen LogP contribution is -2.41. The van der Waals surface area contributed by atoms with E-state index in [0.29, 0.717) is 17.8 Å². The van der Waals surface area contributed by atoms with E-state index in [1.165, 1.54) is 12.8 Å². The Bertz CT molecular complexity index is 585. The number of carbonyl (C=O) groups excluding carboxylic acids is 1. The molecule has 0 N–H and O–H groups in total. The molecule has 1 aromatic rings. The first-order valence-corrected chi connectivity index (χ1v) is 9.14. The first-order valence-electron chi connectivity index (χ1n) is 9.14. The van der Waals surface area contributed by atoms with Crippen LogP contribution in [0.2, 0.25) is 0 Å². The Labute approximate surface area is 143 Å². The van der Waals surface area contributed by atoms with E-state index in [2.05, 4.69) is 14.9 Å². The molecule has 0 saturated carbocycles. The number of nitrogens with zero attached hydrogens (tertiary/aromatic N) is 4. The lowest BCUT2D eigenvalue weighted by Gasteiger charge is -2.30. The van der Waals surface area contributed by atoms with Gasteiger partial charge >= 0.3 is 0 Å². The monoisotopic (exact) mass is 330 g/mol. The summed E-state index contributed by atoms with van der Waals surface area (Å²) in [7, 11) is 0. The summed E-state index contributed by atoms with van der Waals surface area (Å²) in [6.07, 6.45) is 7.80. The molecule has 4 rings (SSSR count). The highest BCUT2D eigenvalue weighted by Crippen LogP contribution is 2.33. The summed E-state index contributed by atoms with van der Waals surface area (Å²) in [4.78, 5) is 25.9. The van der Waals surface area contributed by atoms with Crippen LogP contribution in [0.15, 0.2) is 12.4 Å². The summed E-state index contributed by atoms with van der Waals surface area (Å²) in [5.41, 5.74) is 1.32. The van der Waals surface area contributed by atoms with Crippen molar-refractivity contribution in [3.63, 3.8) is 0 Å². The average Bonchev–Trinajstić information content (AvgIpc) is 3.19. The average molecular weight is 330 g/mol. The molecule has 3 saturated heterocycles. The van der Waals surface area contributed by atoms with Gasteiger partial charge in [-0.1, -0.05) is 0 Å². The maximum Gasteiger partial charge on any atom is 0.274 e. The molecule has 4 heterocycles. The number of hydrogen-bond donors (Lipinski definition) is 0. The molecule has 130 valence electrons. The van der Waals surface area contributed by atoms with Crippen molar-refractivity contribution in [2.24, 2.45) is 5.92 Å². The number of ether oxygens (including phenoxy) is 1. The van der Waals surface area contributed by atoms with Gasteiger partial charge in [-0.2, -0.15) is 0 Å². The van der Waals surface area contributed by atoms with Gasteiger partial charge in [-0.15, -0.1) is 0 Å². The first-order chi connectivity index (χ1) is 11.7. The van der Waals surface area contributed by atoms with E-state index < -0.39 is 0 Å². The Hall–Kier alpha value is -1.53. The van der Waals surface area contributed by atoms with Gasteiger partial charge in [0.25, 0.3) is 5.91 Å². The van der Waals surface area contributed by atoms with Gasteiger partial charge < -0.3 is 9.64 Å². The van der Waals surface area contributed by atoms with Crippen molar-refractivity contribution in [2.75, 3.05) is 32.8 Å². The van der Waals surface area contributed by atoms with Crippen molar-refractivity contribution >= 4 is 5.91 Å². The highest BCUT2D eigenvalue weighted by Gasteiger charge is 2.45. The Balaban J connectivity index is 1.40. The zero-order valence-electron chi connectivity index (χ0n) is 14.4. The molecule has 6 nitrogen and oxygen atoms in total. The number of hydrogen-bond acceptors (Lipinski definition) is 5. The standard InChI is InChI=1S/C18H26N4O2/c1-13-10-20-15(11-19-13)18(23)22-7-3-16-17(22)2-6-21(16)12-14-4-8-24-9-5-14/h10-11,14,16-17H,2-9,12H2,1H3/t16-,17+/m0/s1. The summed E-state index contributed by atoms with van der Waals surface area (Å²) in [6, 6.07) is 0.871. The molecule has 24 heavy (non-hydrogen) atoms. The third-order valence-electron chi connectivity index (χ3n) is 5.79. The predicted molar refractivity (Wildman–Crippen MR) is 89.7 cm³/mol. The van der Waals surface area contributed by atoms with Crippen molar-refractivity contribution in [3.05, 3.63) is 23.8 Å². The third kappa shape index (κ3) is 3.05. The summed E-state index contributed by atoms with van der Waals surface area (Å²) in [5, 5.41) is 0. The Kier molecular flexibility index (Phi) is 4.50. The number of amides is 1. The van der Waals surface area contributed by atoms with Crippen LogP contribution in [0.5, 0.6) is 0 Å². The number of rotatable bonds is 3. The number of fused-ring (bicyclic) bond motifs is 1. The number of aromatic nitrogens is 2. The maximum absolute atomic E-state index is 12.8. The second kappa shape index (κ2) is 6.76. The molecule has 3 aliphatic rings. The highest BCUT2D eigenvalue weighted by atomic mass is 16.5. The minimum atomic E-state index is 0.0444. The van der Waals surface area contributed by atoms with Gasteiger partial charge in [-0.3, -0.25) is 14.7 Å². The van der Waals surface area contributed by atoms with E-state index >= 15 is 0 Å². The normalized spacial score (nSPS) is 28.3. The topological polar surface area (TPSA) is 58.6 Å². The fourth-order valence-corrected chi connectivity index (χ4v) is 4.46. The van der Waals surface area contributed by atoms with E-state index in [-0.39, 0.29) is 5.91 Å². The van der Waals surface area contributed by atoms with Crippen molar-refractivity contribution in [3.8, 4) is 0 Å². The van der Waals surface area contributed by atoms with Crippen molar-refractivity contribution in [2.45, 2.75) is 44.7 Å². The predicted octanol–water partition coefficient (Wildman–Crippen LogP) is 1.50. The van der Waals surface area contributed by atoms with Crippen LogP contribution in [0.4, 0.5) is 0 Å². The van der Waals surface area contributed by atoms with E-state index in [1.54, 1.807) is 12.4 Å². The fraction of sp³-hybridized carbons (Fsp3) is 0.722. The molecule has 6 heteroatoms. The lowest BCUT2D eigenvalue weighted by atomic mass is 9.99. The largest absolute Gasteiger partial charge is 0.381 e.